The van der Waals surface area contributed by atoms with Crippen molar-refractivity contribution < 1.29 is 9.90 Å². The van der Waals surface area contributed by atoms with Crippen LogP contribution in [-0.4, -0.2) is 28.1 Å². The van der Waals surface area contributed by atoms with Crippen LogP contribution in [-0.2, 0) is 4.79 Å². The molecule has 4 atom stereocenters. The van der Waals surface area contributed by atoms with Crippen LogP contribution in [0.2, 0.25) is 0 Å². The normalized spacial score (nSPS) is 31.7. The summed E-state index contributed by atoms with van der Waals surface area (Å²) in [5, 5.41) is 9.43. The number of carboxylic acids is 1. The maximum Gasteiger partial charge on any atom is 0.321 e. The second-order valence-corrected chi connectivity index (χ2v) is 5.17. The van der Waals surface area contributed by atoms with E-state index in [2.05, 4.69) is 36.1 Å². The summed E-state index contributed by atoms with van der Waals surface area (Å²) in [6.07, 6.45) is 5.18. The minimum Gasteiger partial charge on any atom is -0.480 e. The van der Waals surface area contributed by atoms with Crippen molar-refractivity contribution in [3.8, 4) is 0 Å². The fraction of sp³-hybridized carbons (Fsp3) is 0.400. The molecule has 94 valence electrons. The van der Waals surface area contributed by atoms with Crippen LogP contribution < -0.4 is 0 Å². The number of rotatable bonds is 3. The van der Waals surface area contributed by atoms with E-state index in [9.17, 15) is 9.90 Å². The first-order valence-electron chi connectivity index (χ1n) is 6.42. The number of likely N-dealkylation sites (tertiary alicyclic amines) is 1. The Bertz CT molecular complexity index is 483. The number of nitrogens with zero attached hydrogens (tertiary/aromatic N) is 1. The lowest BCUT2D eigenvalue weighted by atomic mass is 9.99. The van der Waals surface area contributed by atoms with Gasteiger partial charge in [-0.15, -0.1) is 0 Å². The Hall–Kier alpha value is -1.61. The van der Waals surface area contributed by atoms with Crippen LogP contribution in [0, 0.1) is 5.92 Å². The zero-order valence-corrected chi connectivity index (χ0v) is 10.4. The fourth-order valence-corrected chi connectivity index (χ4v) is 3.33. The smallest absolute Gasteiger partial charge is 0.321 e. The first-order chi connectivity index (χ1) is 8.68. The number of carbonyl (C=O) groups is 1. The fourth-order valence-electron chi connectivity index (χ4n) is 3.33. The van der Waals surface area contributed by atoms with Gasteiger partial charge in [0.2, 0.25) is 0 Å². The van der Waals surface area contributed by atoms with Gasteiger partial charge in [0, 0.05) is 18.0 Å². The predicted octanol–water partition coefficient (Wildman–Crippen LogP) is 2.46. The molecule has 1 aliphatic carbocycles. The topological polar surface area (TPSA) is 40.5 Å². The van der Waals surface area contributed by atoms with Crippen molar-refractivity contribution in [1.29, 1.82) is 0 Å². The molecule has 1 heterocycles. The third-order valence-electron chi connectivity index (χ3n) is 4.19. The Morgan fingerprint density at radius 1 is 1.33 bits per heavy atom. The molecule has 1 aliphatic heterocycles. The Morgan fingerprint density at radius 2 is 2.06 bits per heavy atom. The highest BCUT2D eigenvalue weighted by Crippen LogP contribution is 2.42. The highest BCUT2D eigenvalue weighted by atomic mass is 16.4. The van der Waals surface area contributed by atoms with E-state index in [1.807, 2.05) is 18.2 Å². The highest BCUT2D eigenvalue weighted by molar-refractivity contribution is 5.75. The first kappa shape index (κ1) is 11.5. The minimum atomic E-state index is -0.699. The molecule has 1 aromatic carbocycles. The Morgan fingerprint density at radius 3 is 2.72 bits per heavy atom. The van der Waals surface area contributed by atoms with Gasteiger partial charge < -0.3 is 5.11 Å². The van der Waals surface area contributed by atoms with Crippen LogP contribution in [0.1, 0.15) is 24.9 Å². The Kier molecular flexibility index (Phi) is 2.71. The second kappa shape index (κ2) is 4.25. The molecule has 0 spiro atoms. The van der Waals surface area contributed by atoms with Gasteiger partial charge in [-0.05, 0) is 18.9 Å². The van der Waals surface area contributed by atoms with Crippen LogP contribution in [0.3, 0.4) is 0 Å². The molecule has 1 fully saturated rings. The molecule has 0 radical (unpaired) electrons. The summed E-state index contributed by atoms with van der Waals surface area (Å²) in [4.78, 5) is 13.6. The molecular formula is C15H17NO2. The van der Waals surface area contributed by atoms with E-state index in [0.29, 0.717) is 0 Å². The lowest BCUT2D eigenvalue weighted by molar-refractivity contribution is -0.144. The zero-order valence-electron chi connectivity index (χ0n) is 10.4. The third-order valence-corrected chi connectivity index (χ3v) is 4.19. The second-order valence-electron chi connectivity index (χ2n) is 5.17. The molecule has 0 aromatic heterocycles. The minimum absolute atomic E-state index is 0.146. The first-order valence-corrected chi connectivity index (χ1v) is 6.42. The van der Waals surface area contributed by atoms with Crippen molar-refractivity contribution >= 4 is 5.97 Å². The molecule has 3 nitrogen and oxygen atoms in total. The van der Waals surface area contributed by atoms with Crippen molar-refractivity contribution in [2.24, 2.45) is 5.92 Å². The summed E-state index contributed by atoms with van der Waals surface area (Å²) in [5.74, 6) is -0.520. The van der Waals surface area contributed by atoms with E-state index in [1.165, 1.54) is 5.56 Å². The summed E-state index contributed by atoms with van der Waals surface area (Å²) in [6.45, 7) is 2.10. The molecule has 0 amide bonds. The Balaban J connectivity index is 1.91. The van der Waals surface area contributed by atoms with Gasteiger partial charge in [-0.1, -0.05) is 42.5 Å². The van der Waals surface area contributed by atoms with E-state index < -0.39 is 5.97 Å². The summed E-state index contributed by atoms with van der Waals surface area (Å²) in [6, 6.07) is 10.2. The van der Waals surface area contributed by atoms with E-state index in [-0.39, 0.29) is 24.0 Å². The summed E-state index contributed by atoms with van der Waals surface area (Å²) >= 11 is 0. The van der Waals surface area contributed by atoms with Crippen LogP contribution >= 0.6 is 0 Å². The van der Waals surface area contributed by atoms with E-state index in [0.717, 1.165) is 6.42 Å². The predicted molar refractivity (Wildman–Crippen MR) is 69.2 cm³/mol. The summed E-state index contributed by atoms with van der Waals surface area (Å²) in [7, 11) is 0. The SMILES string of the molecule is C[C@@H](c1ccccc1)N1[C@H]2C=C[C@@H](C2)[C@@H]1C(=O)O. The van der Waals surface area contributed by atoms with Crippen LogP contribution in [0.25, 0.3) is 0 Å². The van der Waals surface area contributed by atoms with Gasteiger partial charge in [-0.25, -0.2) is 0 Å². The average molecular weight is 243 g/mol. The van der Waals surface area contributed by atoms with Crippen molar-refractivity contribution in [3.63, 3.8) is 0 Å². The largest absolute Gasteiger partial charge is 0.480 e. The lowest BCUT2D eigenvalue weighted by Gasteiger charge is -2.35. The number of carboxylic acid groups (broad SMARTS) is 1. The molecule has 2 bridgehead atoms. The van der Waals surface area contributed by atoms with E-state index in [1.54, 1.807) is 0 Å². The van der Waals surface area contributed by atoms with Gasteiger partial charge in [0.15, 0.2) is 0 Å². The summed E-state index contributed by atoms with van der Waals surface area (Å²) in [5.41, 5.74) is 1.18. The van der Waals surface area contributed by atoms with E-state index in [4.69, 9.17) is 0 Å². The van der Waals surface area contributed by atoms with Crippen molar-refractivity contribution in [1.82, 2.24) is 4.90 Å². The van der Waals surface area contributed by atoms with Gasteiger partial charge >= 0.3 is 5.97 Å². The molecule has 18 heavy (non-hydrogen) atoms. The van der Waals surface area contributed by atoms with Gasteiger partial charge in [-0.3, -0.25) is 9.69 Å². The van der Waals surface area contributed by atoms with E-state index >= 15 is 0 Å². The van der Waals surface area contributed by atoms with Gasteiger partial charge in [-0.2, -0.15) is 0 Å². The lowest BCUT2D eigenvalue weighted by Crippen LogP contribution is -2.45. The molecule has 0 saturated carbocycles. The van der Waals surface area contributed by atoms with Gasteiger partial charge in [0.1, 0.15) is 6.04 Å². The van der Waals surface area contributed by atoms with Gasteiger partial charge in [0.25, 0.3) is 0 Å². The van der Waals surface area contributed by atoms with Crippen LogP contribution in [0.5, 0.6) is 0 Å². The molecule has 3 heteroatoms. The third kappa shape index (κ3) is 1.66. The quantitative estimate of drug-likeness (QED) is 0.829. The number of benzene rings is 1. The zero-order chi connectivity index (χ0) is 12.7. The molecule has 1 saturated heterocycles. The molecular weight excluding hydrogens is 226 g/mol. The number of hydrogen-bond acceptors (Lipinski definition) is 2. The standard InChI is InChI=1S/C15H17NO2/c1-10(11-5-3-2-4-6-11)16-13-8-7-12(9-13)14(16)15(17)18/h2-8,10,12-14H,9H2,1H3,(H,17,18)/t10-,12-,13-,14+/m0/s1. The average Bonchev–Trinajstić information content (AvgIpc) is 2.99. The summed E-state index contributed by atoms with van der Waals surface area (Å²) < 4.78 is 0. The molecule has 3 rings (SSSR count). The number of hydrogen-bond donors (Lipinski definition) is 1. The molecule has 2 aliphatic rings. The maximum absolute atomic E-state index is 11.5. The monoisotopic (exact) mass is 243 g/mol. The molecule has 0 unspecified atom stereocenters. The number of aliphatic carboxylic acids is 1. The van der Waals surface area contributed by atoms with Crippen LogP contribution in [0.15, 0.2) is 42.5 Å². The van der Waals surface area contributed by atoms with Crippen molar-refractivity contribution in [2.45, 2.75) is 31.5 Å². The van der Waals surface area contributed by atoms with Crippen LogP contribution in [0.4, 0.5) is 0 Å². The highest BCUT2D eigenvalue weighted by Gasteiger charge is 2.48. The van der Waals surface area contributed by atoms with Crippen molar-refractivity contribution in [2.75, 3.05) is 0 Å². The van der Waals surface area contributed by atoms with Crippen molar-refractivity contribution in [3.05, 3.63) is 48.0 Å². The number of fused-ring (bicyclic) bond motifs is 2. The Labute approximate surface area is 107 Å². The maximum atomic E-state index is 11.5. The molecule has 1 N–H and O–H groups in total. The van der Waals surface area contributed by atoms with Gasteiger partial charge in [0.05, 0.1) is 0 Å². The molecule has 1 aromatic rings.